The van der Waals surface area contributed by atoms with E-state index in [0.29, 0.717) is 28.2 Å². The van der Waals surface area contributed by atoms with Crippen LogP contribution in [0.1, 0.15) is 39.0 Å². The van der Waals surface area contributed by atoms with Crippen molar-refractivity contribution < 1.29 is 9.59 Å². The van der Waals surface area contributed by atoms with E-state index >= 15 is 0 Å². The van der Waals surface area contributed by atoms with Crippen molar-refractivity contribution >= 4 is 11.6 Å². The van der Waals surface area contributed by atoms with Crippen LogP contribution in [0.4, 0.5) is 0 Å². The summed E-state index contributed by atoms with van der Waals surface area (Å²) in [5.41, 5.74) is 3.23. The Hall–Kier alpha value is -3.28. The minimum atomic E-state index is -0.356. The Labute approximate surface area is 150 Å². The quantitative estimate of drug-likeness (QED) is 0.718. The Balaban J connectivity index is 1.94. The molecule has 0 bridgehead atoms. The van der Waals surface area contributed by atoms with E-state index in [2.05, 4.69) is 10.1 Å². The highest BCUT2D eigenvalue weighted by Crippen LogP contribution is 2.19. The summed E-state index contributed by atoms with van der Waals surface area (Å²) in [5.74, 6) is -0.394. The molecule has 3 rings (SSSR count). The molecular formula is C20H19N3O3. The maximum atomic E-state index is 12.7. The van der Waals surface area contributed by atoms with E-state index in [1.165, 1.54) is 13.0 Å². The molecule has 2 heterocycles. The topological polar surface area (TPSA) is 84.8 Å². The summed E-state index contributed by atoms with van der Waals surface area (Å²) in [7, 11) is 0. The maximum Gasteiger partial charge on any atom is 0.267 e. The van der Waals surface area contributed by atoms with Crippen LogP contribution in [0.2, 0.25) is 0 Å². The maximum absolute atomic E-state index is 12.7. The van der Waals surface area contributed by atoms with E-state index < -0.39 is 0 Å². The van der Waals surface area contributed by atoms with Crippen molar-refractivity contribution in [2.75, 3.05) is 0 Å². The summed E-state index contributed by atoms with van der Waals surface area (Å²) < 4.78 is 1.15. The predicted octanol–water partition coefficient (Wildman–Crippen LogP) is 2.94. The van der Waals surface area contributed by atoms with E-state index in [9.17, 15) is 14.4 Å². The van der Waals surface area contributed by atoms with Gasteiger partial charge in [-0.1, -0.05) is 30.3 Å². The molecule has 1 N–H and O–H groups in total. The minimum Gasteiger partial charge on any atom is -0.355 e. The first kappa shape index (κ1) is 17.5. The second kappa shape index (κ2) is 6.92. The SMILES string of the molecule is CC(=O)c1c(C)[nH]c(C(=O)Cn2nc(-c3ccccc3)ccc2=O)c1C. The first-order chi connectivity index (χ1) is 12.4. The van der Waals surface area contributed by atoms with Gasteiger partial charge in [0.25, 0.3) is 5.56 Å². The van der Waals surface area contributed by atoms with E-state index in [4.69, 9.17) is 0 Å². The number of aromatic nitrogens is 3. The molecule has 132 valence electrons. The van der Waals surface area contributed by atoms with Gasteiger partial charge in [0.05, 0.1) is 11.4 Å². The number of hydrogen-bond acceptors (Lipinski definition) is 4. The summed E-state index contributed by atoms with van der Waals surface area (Å²) in [5, 5.41) is 4.30. The molecule has 0 aliphatic heterocycles. The van der Waals surface area contributed by atoms with Crippen molar-refractivity contribution in [3.05, 3.63) is 75.3 Å². The Morgan fingerprint density at radius 3 is 2.38 bits per heavy atom. The monoisotopic (exact) mass is 349 g/mol. The highest BCUT2D eigenvalue weighted by Gasteiger charge is 2.20. The van der Waals surface area contributed by atoms with Crippen molar-refractivity contribution in [1.29, 1.82) is 0 Å². The zero-order valence-corrected chi connectivity index (χ0v) is 14.9. The summed E-state index contributed by atoms with van der Waals surface area (Å²) in [6.45, 7) is 4.75. The van der Waals surface area contributed by atoms with Crippen molar-refractivity contribution in [3.8, 4) is 11.3 Å². The molecule has 0 aliphatic carbocycles. The lowest BCUT2D eigenvalue weighted by Gasteiger charge is -2.07. The number of benzene rings is 1. The first-order valence-electron chi connectivity index (χ1n) is 8.25. The molecule has 0 amide bonds. The number of rotatable bonds is 5. The lowest BCUT2D eigenvalue weighted by molar-refractivity contribution is 0.0960. The van der Waals surface area contributed by atoms with Crippen LogP contribution in [-0.2, 0) is 6.54 Å². The Morgan fingerprint density at radius 1 is 1.08 bits per heavy atom. The summed E-state index contributed by atoms with van der Waals surface area (Å²) in [4.78, 5) is 39.5. The number of Topliss-reactive ketones (excluding diaryl/α,β-unsaturated/α-hetero) is 2. The van der Waals surface area contributed by atoms with Gasteiger partial charge in [0.1, 0.15) is 6.54 Å². The summed E-state index contributed by atoms with van der Waals surface area (Å²) in [6.07, 6.45) is 0. The molecule has 1 aromatic carbocycles. The third-order valence-corrected chi connectivity index (χ3v) is 4.30. The lowest BCUT2D eigenvalue weighted by Crippen LogP contribution is -2.26. The van der Waals surface area contributed by atoms with Crippen LogP contribution in [0.25, 0.3) is 11.3 Å². The van der Waals surface area contributed by atoms with E-state index in [1.807, 2.05) is 30.3 Å². The van der Waals surface area contributed by atoms with Crippen molar-refractivity contribution in [2.24, 2.45) is 0 Å². The summed E-state index contributed by atoms with van der Waals surface area (Å²) >= 11 is 0. The third-order valence-electron chi connectivity index (χ3n) is 4.30. The molecule has 0 saturated carbocycles. The molecule has 3 aromatic rings. The molecule has 2 aromatic heterocycles. The molecule has 0 unspecified atom stereocenters. The molecular weight excluding hydrogens is 330 g/mol. The second-order valence-corrected chi connectivity index (χ2v) is 6.18. The number of nitrogens with zero attached hydrogens (tertiary/aromatic N) is 2. The normalized spacial score (nSPS) is 10.7. The molecule has 26 heavy (non-hydrogen) atoms. The number of ketones is 2. The fourth-order valence-corrected chi connectivity index (χ4v) is 3.10. The first-order valence-corrected chi connectivity index (χ1v) is 8.25. The Kier molecular flexibility index (Phi) is 4.67. The number of nitrogens with one attached hydrogen (secondary N) is 1. The van der Waals surface area contributed by atoms with Crippen LogP contribution < -0.4 is 5.56 Å². The zero-order chi connectivity index (χ0) is 18.8. The number of H-pyrrole nitrogens is 1. The van der Waals surface area contributed by atoms with Gasteiger partial charge < -0.3 is 4.98 Å². The van der Waals surface area contributed by atoms with Crippen LogP contribution >= 0.6 is 0 Å². The number of carbonyl (C=O) groups is 2. The van der Waals surface area contributed by atoms with Crippen LogP contribution in [-0.4, -0.2) is 26.3 Å². The van der Waals surface area contributed by atoms with Gasteiger partial charge in [-0.05, 0) is 32.4 Å². The average molecular weight is 349 g/mol. The number of aromatic amines is 1. The third kappa shape index (κ3) is 3.26. The molecule has 0 spiro atoms. The second-order valence-electron chi connectivity index (χ2n) is 6.18. The van der Waals surface area contributed by atoms with Crippen molar-refractivity contribution in [2.45, 2.75) is 27.3 Å². The Bertz CT molecular complexity index is 1050. The van der Waals surface area contributed by atoms with Gasteiger partial charge in [0, 0.05) is 22.9 Å². The number of aryl methyl sites for hydroxylation is 1. The van der Waals surface area contributed by atoms with E-state index in [-0.39, 0.29) is 23.7 Å². The van der Waals surface area contributed by atoms with Gasteiger partial charge in [0.2, 0.25) is 5.78 Å². The number of carbonyl (C=O) groups excluding carboxylic acids is 2. The molecule has 0 radical (unpaired) electrons. The van der Waals surface area contributed by atoms with Gasteiger partial charge in [0.15, 0.2) is 5.78 Å². The van der Waals surface area contributed by atoms with E-state index in [1.54, 1.807) is 19.9 Å². The van der Waals surface area contributed by atoms with Crippen molar-refractivity contribution in [3.63, 3.8) is 0 Å². The Morgan fingerprint density at radius 2 is 1.77 bits per heavy atom. The molecule has 6 heteroatoms. The van der Waals surface area contributed by atoms with Gasteiger partial charge in [-0.25, -0.2) is 4.68 Å². The molecule has 0 aliphatic rings. The van der Waals surface area contributed by atoms with Crippen LogP contribution in [0.3, 0.4) is 0 Å². The van der Waals surface area contributed by atoms with Crippen LogP contribution in [0, 0.1) is 13.8 Å². The van der Waals surface area contributed by atoms with Crippen LogP contribution in [0.15, 0.2) is 47.3 Å². The molecule has 6 nitrogen and oxygen atoms in total. The highest BCUT2D eigenvalue weighted by molar-refractivity contribution is 6.03. The van der Waals surface area contributed by atoms with Gasteiger partial charge in [-0.3, -0.25) is 14.4 Å². The zero-order valence-electron chi connectivity index (χ0n) is 14.9. The van der Waals surface area contributed by atoms with Crippen molar-refractivity contribution in [1.82, 2.24) is 14.8 Å². The minimum absolute atomic E-state index is 0.100. The smallest absolute Gasteiger partial charge is 0.267 e. The molecule has 0 fully saturated rings. The summed E-state index contributed by atoms with van der Waals surface area (Å²) in [6, 6.07) is 12.5. The van der Waals surface area contributed by atoms with E-state index in [0.717, 1.165) is 10.2 Å². The fourth-order valence-electron chi connectivity index (χ4n) is 3.10. The lowest BCUT2D eigenvalue weighted by atomic mass is 10.1. The largest absolute Gasteiger partial charge is 0.355 e. The fraction of sp³-hybridized carbons (Fsp3) is 0.200. The molecule has 0 saturated heterocycles. The molecule has 0 atom stereocenters. The van der Waals surface area contributed by atoms with Crippen LogP contribution in [0.5, 0.6) is 0 Å². The predicted molar refractivity (Wildman–Crippen MR) is 98.5 cm³/mol. The van der Waals surface area contributed by atoms with Gasteiger partial charge >= 0.3 is 0 Å². The van der Waals surface area contributed by atoms with Gasteiger partial charge in [-0.2, -0.15) is 5.10 Å². The number of hydrogen-bond donors (Lipinski definition) is 1. The average Bonchev–Trinajstić information content (AvgIpc) is 2.92. The van der Waals surface area contributed by atoms with Gasteiger partial charge in [-0.15, -0.1) is 0 Å². The standard InChI is InChI=1S/C20H19N3O3/c1-12-19(14(3)24)13(2)21-20(12)17(25)11-23-18(26)10-9-16(22-23)15-7-5-4-6-8-15/h4-10,21H,11H2,1-3H3. The highest BCUT2D eigenvalue weighted by atomic mass is 16.1.